The Morgan fingerprint density at radius 2 is 1.87 bits per heavy atom. The molecule has 0 bridgehead atoms. The van der Waals surface area contributed by atoms with Crippen molar-refractivity contribution in [1.82, 2.24) is 30.1 Å². The maximum atomic E-state index is 13.1. The lowest BCUT2D eigenvalue weighted by molar-refractivity contribution is 0.0708. The third-order valence-electron chi connectivity index (χ3n) is 4.82. The second-order valence-corrected chi connectivity index (χ2v) is 7.41. The molecule has 0 saturated heterocycles. The SMILES string of the molecule is O=C(c1cnn(-c2ccccc2)n1)N(Cc1nnc(-c2ccccc2Cl)o1)C1CC1. The van der Waals surface area contributed by atoms with Crippen LogP contribution in [0.3, 0.4) is 0 Å². The Hall–Kier alpha value is -3.52. The molecule has 2 heterocycles. The monoisotopic (exact) mass is 420 g/mol. The molecule has 0 atom stereocenters. The fraction of sp³-hybridized carbons (Fsp3) is 0.190. The van der Waals surface area contributed by atoms with Crippen molar-refractivity contribution in [3.05, 3.63) is 77.4 Å². The molecule has 5 rings (SSSR count). The number of para-hydroxylation sites is 1. The first kappa shape index (κ1) is 18.5. The van der Waals surface area contributed by atoms with Crippen LogP contribution in [-0.2, 0) is 6.54 Å². The molecule has 1 aliphatic rings. The van der Waals surface area contributed by atoms with E-state index in [-0.39, 0.29) is 24.2 Å². The maximum Gasteiger partial charge on any atom is 0.276 e. The summed E-state index contributed by atoms with van der Waals surface area (Å²) in [6, 6.07) is 16.8. The summed E-state index contributed by atoms with van der Waals surface area (Å²) in [6.07, 6.45) is 3.35. The second-order valence-electron chi connectivity index (χ2n) is 7.00. The standard InChI is InChI=1S/C21H17ClN6O2/c22-17-9-5-4-8-16(17)20-25-24-19(30-20)13-27(14-10-11-14)21(29)18-12-23-28(26-18)15-6-2-1-3-7-15/h1-9,12,14H,10-11,13H2. The maximum absolute atomic E-state index is 13.1. The van der Waals surface area contributed by atoms with E-state index in [0.717, 1.165) is 18.5 Å². The van der Waals surface area contributed by atoms with Gasteiger partial charge in [0, 0.05) is 6.04 Å². The van der Waals surface area contributed by atoms with Crippen LogP contribution in [0.15, 0.2) is 65.2 Å². The number of carbonyl (C=O) groups is 1. The Bertz CT molecular complexity index is 1180. The highest BCUT2D eigenvalue weighted by Crippen LogP contribution is 2.31. The van der Waals surface area contributed by atoms with Gasteiger partial charge in [-0.15, -0.1) is 15.3 Å². The molecule has 150 valence electrons. The molecule has 0 unspecified atom stereocenters. The van der Waals surface area contributed by atoms with Crippen LogP contribution in [0, 0.1) is 0 Å². The summed E-state index contributed by atoms with van der Waals surface area (Å²) in [7, 11) is 0. The minimum Gasteiger partial charge on any atom is -0.419 e. The van der Waals surface area contributed by atoms with Gasteiger partial charge < -0.3 is 9.32 Å². The summed E-state index contributed by atoms with van der Waals surface area (Å²) in [6.45, 7) is 0.207. The van der Waals surface area contributed by atoms with E-state index in [1.54, 1.807) is 11.0 Å². The molecule has 30 heavy (non-hydrogen) atoms. The molecule has 8 nitrogen and oxygen atoms in total. The first-order valence-electron chi connectivity index (χ1n) is 9.55. The molecule has 4 aromatic rings. The first-order chi connectivity index (χ1) is 14.7. The van der Waals surface area contributed by atoms with Crippen LogP contribution in [0.2, 0.25) is 5.02 Å². The van der Waals surface area contributed by atoms with Gasteiger partial charge in [0.15, 0.2) is 5.69 Å². The molecule has 9 heteroatoms. The topological polar surface area (TPSA) is 89.9 Å². The Balaban J connectivity index is 1.36. The summed E-state index contributed by atoms with van der Waals surface area (Å²) in [5.41, 5.74) is 1.72. The van der Waals surface area contributed by atoms with Gasteiger partial charge in [0.05, 0.1) is 29.0 Å². The molecule has 2 aromatic heterocycles. The summed E-state index contributed by atoms with van der Waals surface area (Å²) in [5.74, 6) is 0.464. The summed E-state index contributed by atoms with van der Waals surface area (Å²) < 4.78 is 5.78. The summed E-state index contributed by atoms with van der Waals surface area (Å²) in [5, 5.41) is 17.3. The molecule has 0 aliphatic heterocycles. The van der Waals surface area contributed by atoms with Gasteiger partial charge in [0.2, 0.25) is 11.8 Å². The van der Waals surface area contributed by atoms with E-state index in [1.165, 1.54) is 11.0 Å². The predicted octanol–water partition coefficient (Wildman–Crippen LogP) is 3.78. The van der Waals surface area contributed by atoms with Gasteiger partial charge >= 0.3 is 0 Å². The second kappa shape index (κ2) is 7.72. The zero-order valence-corrected chi connectivity index (χ0v) is 16.6. The van der Waals surface area contributed by atoms with Gasteiger partial charge in [-0.25, -0.2) is 0 Å². The molecule has 1 fully saturated rings. The summed E-state index contributed by atoms with van der Waals surface area (Å²) in [4.78, 5) is 16.3. The van der Waals surface area contributed by atoms with Crippen molar-refractivity contribution in [2.24, 2.45) is 0 Å². The number of halogens is 1. The third-order valence-corrected chi connectivity index (χ3v) is 5.15. The minimum absolute atomic E-state index is 0.134. The fourth-order valence-corrected chi connectivity index (χ4v) is 3.37. The lowest BCUT2D eigenvalue weighted by atomic mass is 10.2. The molecule has 1 amide bonds. The number of hydrogen-bond acceptors (Lipinski definition) is 6. The van der Waals surface area contributed by atoms with Crippen molar-refractivity contribution >= 4 is 17.5 Å². The average Bonchev–Trinajstić information content (AvgIpc) is 3.31. The Kier molecular flexibility index (Phi) is 4.76. The molecule has 0 spiro atoms. The van der Waals surface area contributed by atoms with E-state index in [2.05, 4.69) is 20.4 Å². The normalized spacial score (nSPS) is 13.4. The fourth-order valence-electron chi connectivity index (χ4n) is 3.15. The molecule has 0 radical (unpaired) electrons. The van der Waals surface area contributed by atoms with E-state index >= 15 is 0 Å². The highest BCUT2D eigenvalue weighted by Gasteiger charge is 2.35. The van der Waals surface area contributed by atoms with Crippen molar-refractivity contribution in [2.45, 2.75) is 25.4 Å². The van der Waals surface area contributed by atoms with Gasteiger partial charge in [-0.1, -0.05) is 41.9 Å². The molecule has 1 aliphatic carbocycles. The Labute approximate surface area is 177 Å². The lowest BCUT2D eigenvalue weighted by Gasteiger charge is -2.18. The van der Waals surface area contributed by atoms with Gasteiger partial charge in [-0.3, -0.25) is 4.79 Å². The van der Waals surface area contributed by atoms with Crippen molar-refractivity contribution in [3.63, 3.8) is 0 Å². The van der Waals surface area contributed by atoms with Gasteiger partial charge in [-0.05, 0) is 37.1 Å². The van der Waals surface area contributed by atoms with Crippen molar-refractivity contribution in [3.8, 4) is 17.1 Å². The van der Waals surface area contributed by atoms with E-state index < -0.39 is 0 Å². The zero-order valence-electron chi connectivity index (χ0n) is 15.8. The van der Waals surface area contributed by atoms with Crippen LogP contribution < -0.4 is 0 Å². The smallest absolute Gasteiger partial charge is 0.276 e. The van der Waals surface area contributed by atoms with E-state index in [4.69, 9.17) is 16.0 Å². The van der Waals surface area contributed by atoms with Crippen molar-refractivity contribution in [2.75, 3.05) is 0 Å². The molecule has 1 saturated carbocycles. The van der Waals surface area contributed by atoms with Crippen LogP contribution >= 0.6 is 11.6 Å². The van der Waals surface area contributed by atoms with Gasteiger partial charge in [0.1, 0.15) is 0 Å². The van der Waals surface area contributed by atoms with Gasteiger partial charge in [0.25, 0.3) is 5.91 Å². The average molecular weight is 421 g/mol. The number of benzene rings is 2. The number of rotatable bonds is 6. The third kappa shape index (κ3) is 3.69. The van der Waals surface area contributed by atoms with E-state index in [0.29, 0.717) is 22.4 Å². The lowest BCUT2D eigenvalue weighted by Crippen LogP contribution is -2.33. The highest BCUT2D eigenvalue weighted by molar-refractivity contribution is 6.33. The zero-order chi connectivity index (χ0) is 20.5. The molecule has 2 aromatic carbocycles. The van der Waals surface area contributed by atoms with Crippen LogP contribution in [-0.4, -0.2) is 42.0 Å². The van der Waals surface area contributed by atoms with E-state index in [1.807, 2.05) is 48.5 Å². The molecular formula is C21H17ClN6O2. The number of carbonyl (C=O) groups excluding carboxylic acids is 1. The molecule has 0 N–H and O–H groups in total. The van der Waals surface area contributed by atoms with Crippen molar-refractivity contribution in [1.29, 1.82) is 0 Å². The van der Waals surface area contributed by atoms with Crippen molar-refractivity contribution < 1.29 is 9.21 Å². The van der Waals surface area contributed by atoms with Crippen LogP contribution in [0.4, 0.5) is 0 Å². The van der Waals surface area contributed by atoms with Gasteiger partial charge in [-0.2, -0.15) is 9.90 Å². The largest absolute Gasteiger partial charge is 0.419 e. The number of hydrogen-bond donors (Lipinski definition) is 0. The predicted molar refractivity (Wildman–Crippen MR) is 109 cm³/mol. The van der Waals surface area contributed by atoms with E-state index in [9.17, 15) is 4.79 Å². The molecular weight excluding hydrogens is 404 g/mol. The highest BCUT2D eigenvalue weighted by atomic mass is 35.5. The van der Waals surface area contributed by atoms with Crippen LogP contribution in [0.1, 0.15) is 29.2 Å². The quantitative estimate of drug-likeness (QED) is 0.471. The Morgan fingerprint density at radius 3 is 2.63 bits per heavy atom. The minimum atomic E-state index is -0.211. The number of amides is 1. The summed E-state index contributed by atoms with van der Waals surface area (Å²) >= 11 is 6.21. The number of nitrogens with zero attached hydrogens (tertiary/aromatic N) is 6. The first-order valence-corrected chi connectivity index (χ1v) is 9.93. The number of aromatic nitrogens is 5. The Morgan fingerprint density at radius 1 is 1.10 bits per heavy atom. The van der Waals surface area contributed by atoms with Crippen LogP contribution in [0.5, 0.6) is 0 Å². The van der Waals surface area contributed by atoms with Crippen LogP contribution in [0.25, 0.3) is 17.1 Å².